The molecule has 2 aromatic rings. The van der Waals surface area contributed by atoms with E-state index < -0.39 is 23.0 Å². The minimum absolute atomic E-state index is 0.0213. The van der Waals surface area contributed by atoms with Gasteiger partial charge in [0.15, 0.2) is 0 Å². The van der Waals surface area contributed by atoms with Crippen molar-refractivity contribution in [3.05, 3.63) is 51.3 Å². The van der Waals surface area contributed by atoms with E-state index in [1.807, 2.05) is 0 Å². The number of anilines is 1. The Labute approximate surface area is 165 Å². The molecule has 154 valence electrons. The average Bonchev–Trinajstić information content (AvgIpc) is 3.54. The second-order valence-electron chi connectivity index (χ2n) is 7.32. The van der Waals surface area contributed by atoms with E-state index in [9.17, 15) is 23.5 Å². The topological polar surface area (TPSA) is 97.8 Å². The number of carboxylic acid groups (broad SMARTS) is 1. The number of hydrogen-bond donors (Lipinski definition) is 2. The van der Waals surface area contributed by atoms with Crippen molar-refractivity contribution in [3.8, 4) is 0 Å². The second-order valence-corrected chi connectivity index (χ2v) is 7.32. The number of rotatable bonds is 4. The highest BCUT2D eigenvalue weighted by atomic mass is 19.1. The number of aromatic carboxylic acids is 1. The van der Waals surface area contributed by atoms with Gasteiger partial charge in [0.25, 0.3) is 0 Å². The number of nitrogens with zero attached hydrogens (tertiary/aromatic N) is 2. The van der Waals surface area contributed by atoms with Crippen molar-refractivity contribution >= 4 is 22.6 Å². The lowest BCUT2D eigenvalue weighted by atomic mass is 10.1. The largest absolute Gasteiger partial charge is 0.477 e. The monoisotopic (exact) mass is 405 g/mol. The van der Waals surface area contributed by atoms with Crippen molar-refractivity contribution in [2.24, 2.45) is 5.73 Å². The van der Waals surface area contributed by atoms with E-state index >= 15 is 0 Å². The molecule has 1 saturated carbocycles. The van der Waals surface area contributed by atoms with Crippen molar-refractivity contribution < 1.29 is 23.4 Å². The van der Waals surface area contributed by atoms with Gasteiger partial charge in [-0.2, -0.15) is 0 Å². The Morgan fingerprint density at radius 1 is 1.34 bits per heavy atom. The Bertz CT molecular complexity index is 1080. The predicted octanol–water partition coefficient (Wildman–Crippen LogP) is 2.19. The molecule has 2 heterocycles. The number of carbonyl (C=O) groups is 1. The summed E-state index contributed by atoms with van der Waals surface area (Å²) in [4.78, 5) is 25.7. The third-order valence-electron chi connectivity index (χ3n) is 5.34. The molecule has 1 saturated heterocycles. The van der Waals surface area contributed by atoms with Crippen LogP contribution in [0.4, 0.5) is 14.5 Å². The summed E-state index contributed by atoms with van der Waals surface area (Å²) in [5.41, 5.74) is 5.32. The molecule has 0 spiro atoms. The van der Waals surface area contributed by atoms with E-state index in [2.05, 4.69) is 0 Å². The highest BCUT2D eigenvalue weighted by molar-refractivity contribution is 5.93. The molecule has 0 atom stereocenters. The molecule has 1 aromatic carbocycles. The molecule has 0 unspecified atom stereocenters. The van der Waals surface area contributed by atoms with Crippen LogP contribution in [0.1, 0.15) is 29.2 Å². The van der Waals surface area contributed by atoms with Crippen LogP contribution in [0.3, 0.4) is 0 Å². The van der Waals surface area contributed by atoms with E-state index in [1.165, 1.54) is 6.20 Å². The molecule has 2 aliphatic rings. The fourth-order valence-electron chi connectivity index (χ4n) is 3.65. The fourth-order valence-corrected chi connectivity index (χ4v) is 3.65. The minimum Gasteiger partial charge on any atom is -0.477 e. The van der Waals surface area contributed by atoms with E-state index in [-0.39, 0.29) is 49.0 Å². The van der Waals surface area contributed by atoms with Crippen LogP contribution in [0.15, 0.2) is 34.5 Å². The van der Waals surface area contributed by atoms with Gasteiger partial charge < -0.3 is 25.0 Å². The Kier molecular flexibility index (Phi) is 5.10. The third kappa shape index (κ3) is 3.63. The van der Waals surface area contributed by atoms with E-state index in [1.54, 1.807) is 15.5 Å². The Hall–Kier alpha value is -2.78. The molecule has 29 heavy (non-hydrogen) atoms. The van der Waals surface area contributed by atoms with Crippen LogP contribution in [-0.2, 0) is 4.74 Å². The lowest BCUT2D eigenvalue weighted by Gasteiger charge is -2.24. The van der Waals surface area contributed by atoms with Gasteiger partial charge in [0, 0.05) is 42.8 Å². The number of hydrogen-bond acceptors (Lipinski definition) is 5. The molecule has 3 N–H and O–H groups in total. The Morgan fingerprint density at radius 3 is 2.76 bits per heavy atom. The number of aromatic nitrogens is 1. The molecule has 0 amide bonds. The van der Waals surface area contributed by atoms with Gasteiger partial charge in [-0.3, -0.25) is 4.79 Å². The smallest absolute Gasteiger partial charge is 0.341 e. The maximum absolute atomic E-state index is 15.0. The average molecular weight is 405 g/mol. The van der Waals surface area contributed by atoms with Crippen LogP contribution in [0.2, 0.25) is 0 Å². The summed E-state index contributed by atoms with van der Waals surface area (Å²) < 4.78 is 36.2. The normalized spacial score (nSPS) is 19.3. The van der Waals surface area contributed by atoms with Crippen molar-refractivity contribution in [3.63, 3.8) is 0 Å². The first-order chi connectivity index (χ1) is 13.9. The van der Waals surface area contributed by atoms with Crippen molar-refractivity contribution in [1.82, 2.24) is 4.57 Å². The number of benzene rings is 1. The van der Waals surface area contributed by atoms with Gasteiger partial charge in [-0.1, -0.05) is 0 Å². The molecular formula is C20H21F2N3O4. The fraction of sp³-hybridized carbons (Fsp3) is 0.400. The van der Waals surface area contributed by atoms with Gasteiger partial charge in [0.1, 0.15) is 17.2 Å². The summed E-state index contributed by atoms with van der Waals surface area (Å²) in [6.07, 6.45) is 3.04. The quantitative estimate of drug-likeness (QED) is 0.809. The summed E-state index contributed by atoms with van der Waals surface area (Å²) in [6, 6.07) is 2.69. The number of fused-ring (bicyclic) bond motifs is 1. The lowest BCUT2D eigenvalue weighted by molar-refractivity contribution is 0.0695. The van der Waals surface area contributed by atoms with Crippen LogP contribution in [-0.4, -0.2) is 48.5 Å². The number of ether oxygens (including phenoxy) is 1. The first-order valence-corrected chi connectivity index (χ1v) is 9.41. The highest BCUT2D eigenvalue weighted by Crippen LogP contribution is 2.38. The molecule has 1 aromatic heterocycles. The molecule has 1 aliphatic carbocycles. The molecule has 1 aliphatic heterocycles. The van der Waals surface area contributed by atoms with E-state index in [4.69, 9.17) is 10.5 Å². The van der Waals surface area contributed by atoms with Crippen LogP contribution < -0.4 is 16.1 Å². The standard InChI is InChI=1S/C20H21F2N3O4/c21-15-5-13-17(25(12-1-2-12)9-14(19(13)26)20(27)28)6-18(15)24-3-4-29-10-11(8-24)16(22)7-23/h5-6,9,12H,1-4,7-8,10,23H2,(H,27,28)/b16-11-. The van der Waals surface area contributed by atoms with Gasteiger partial charge in [0.05, 0.1) is 24.4 Å². The van der Waals surface area contributed by atoms with Crippen molar-refractivity contribution in [2.45, 2.75) is 18.9 Å². The van der Waals surface area contributed by atoms with Gasteiger partial charge in [-0.25, -0.2) is 13.6 Å². The van der Waals surface area contributed by atoms with Crippen LogP contribution >= 0.6 is 0 Å². The first-order valence-electron chi connectivity index (χ1n) is 9.41. The summed E-state index contributed by atoms with van der Waals surface area (Å²) in [7, 11) is 0. The zero-order chi connectivity index (χ0) is 20.7. The first kappa shape index (κ1) is 19.5. The zero-order valence-electron chi connectivity index (χ0n) is 15.7. The van der Waals surface area contributed by atoms with E-state index in [0.29, 0.717) is 17.6 Å². The van der Waals surface area contributed by atoms with Gasteiger partial charge >= 0.3 is 5.97 Å². The predicted molar refractivity (Wildman–Crippen MR) is 104 cm³/mol. The zero-order valence-corrected chi connectivity index (χ0v) is 15.7. The molecule has 7 nitrogen and oxygen atoms in total. The highest BCUT2D eigenvalue weighted by Gasteiger charge is 2.28. The Morgan fingerprint density at radius 2 is 2.10 bits per heavy atom. The van der Waals surface area contributed by atoms with Gasteiger partial charge in [-0.15, -0.1) is 0 Å². The second kappa shape index (κ2) is 7.57. The summed E-state index contributed by atoms with van der Waals surface area (Å²) in [5, 5.41) is 9.36. The van der Waals surface area contributed by atoms with Crippen LogP contribution in [0.25, 0.3) is 10.9 Å². The summed E-state index contributed by atoms with van der Waals surface area (Å²) in [6.45, 7) is 0.568. The molecule has 0 bridgehead atoms. The maximum Gasteiger partial charge on any atom is 0.341 e. The number of halogens is 2. The summed E-state index contributed by atoms with van der Waals surface area (Å²) >= 11 is 0. The van der Waals surface area contributed by atoms with Gasteiger partial charge in [0.2, 0.25) is 5.43 Å². The SMILES string of the molecule is NC/C(F)=C1/COCCN(c2cc3c(cc2F)c(=O)c(C(=O)O)cn3C2CC2)C1. The molecule has 9 heteroatoms. The van der Waals surface area contributed by atoms with Crippen LogP contribution in [0, 0.1) is 5.82 Å². The lowest BCUT2D eigenvalue weighted by Crippen LogP contribution is -2.29. The third-order valence-corrected chi connectivity index (χ3v) is 5.34. The Balaban J connectivity index is 1.87. The number of carboxylic acids is 1. The van der Waals surface area contributed by atoms with E-state index in [0.717, 1.165) is 18.9 Å². The van der Waals surface area contributed by atoms with Gasteiger partial charge in [-0.05, 0) is 25.0 Å². The maximum atomic E-state index is 15.0. The molecular weight excluding hydrogens is 384 g/mol. The molecule has 4 rings (SSSR count). The van der Waals surface area contributed by atoms with Crippen molar-refractivity contribution in [2.75, 3.05) is 37.7 Å². The number of pyridine rings is 1. The number of nitrogens with two attached hydrogens (primary N) is 1. The minimum atomic E-state index is -1.34. The van der Waals surface area contributed by atoms with Crippen LogP contribution in [0.5, 0.6) is 0 Å². The molecule has 0 radical (unpaired) electrons. The molecule has 2 fully saturated rings. The van der Waals surface area contributed by atoms with Crippen molar-refractivity contribution in [1.29, 1.82) is 0 Å². The summed E-state index contributed by atoms with van der Waals surface area (Å²) in [5.74, 6) is -2.50.